The molecule has 0 aliphatic rings. The minimum absolute atomic E-state index is 0. The summed E-state index contributed by atoms with van der Waals surface area (Å²) in [7, 11) is -8.10. The van der Waals surface area contributed by atoms with Crippen LogP contribution in [0.1, 0.15) is 15.3 Å². The number of nitrogens with one attached hydrogen (secondary N) is 2. The molecule has 0 amide bonds. The first kappa shape index (κ1) is 43.2. The van der Waals surface area contributed by atoms with Crippen molar-refractivity contribution in [2.75, 3.05) is 10.6 Å². The van der Waals surface area contributed by atoms with Gasteiger partial charge in [0.2, 0.25) is 20.0 Å². The van der Waals surface area contributed by atoms with E-state index in [4.69, 9.17) is 10.3 Å². The normalized spacial score (nSPS) is 12.5. The Balaban J connectivity index is 0.000000521. The Morgan fingerprint density at radius 1 is 0.604 bits per heavy atom. The number of hydrogen-bond donors (Lipinski definition) is 4. The number of ketones is 2. The quantitative estimate of drug-likeness (QED) is 0.0901. The number of para-hydroxylation sites is 2. The van der Waals surface area contributed by atoms with Crippen molar-refractivity contribution in [1.29, 1.82) is 0 Å². The van der Waals surface area contributed by atoms with E-state index in [0.717, 1.165) is 50.2 Å². The van der Waals surface area contributed by atoms with Crippen molar-refractivity contribution in [1.82, 2.24) is 0 Å². The zero-order valence-corrected chi connectivity index (χ0v) is 30.4. The first-order chi connectivity index (χ1) is 24.4. The van der Waals surface area contributed by atoms with Gasteiger partial charge in [-0.25, -0.2) is 27.1 Å². The summed E-state index contributed by atoms with van der Waals surface area (Å²) in [6.45, 7) is 2.22. The molecule has 0 aliphatic heterocycles. The minimum Gasteiger partial charge on any atom is -0.871 e. The van der Waals surface area contributed by atoms with Crippen LogP contribution in [0.3, 0.4) is 0 Å². The van der Waals surface area contributed by atoms with Crippen LogP contribution in [-0.4, -0.2) is 28.4 Å². The zero-order chi connectivity index (χ0) is 38.6. The number of hydrogen-bond acceptors (Lipinski definition) is 16. The molecule has 0 saturated carbocycles. The largest absolute Gasteiger partial charge is 3.00 e. The van der Waals surface area contributed by atoms with Gasteiger partial charge in [0.1, 0.15) is 11.4 Å². The van der Waals surface area contributed by atoms with Crippen molar-refractivity contribution in [3.05, 3.63) is 120 Å². The van der Waals surface area contributed by atoms with Crippen molar-refractivity contribution in [2.24, 2.45) is 30.7 Å². The van der Waals surface area contributed by atoms with E-state index >= 15 is 0 Å². The molecule has 0 aliphatic carbocycles. The van der Waals surface area contributed by atoms with Gasteiger partial charge in [0.15, 0.2) is 11.6 Å². The van der Waals surface area contributed by atoms with Gasteiger partial charge in [-0.05, 0) is 60.3 Å². The summed E-state index contributed by atoms with van der Waals surface area (Å²) < 4.78 is 45.3. The summed E-state index contributed by atoms with van der Waals surface area (Å²) in [5, 5.41) is 76.9. The molecule has 0 saturated heterocycles. The summed E-state index contributed by atoms with van der Waals surface area (Å²) in [6.07, 6.45) is 0. The van der Waals surface area contributed by atoms with Crippen LogP contribution < -0.4 is 41.3 Å². The SMILES string of the molecule is CC(=O)/C(N=Nc1cc(S(N)(=O)=O)ccc1[O-])=C(/[O-])Nc1ccccc1.CC(=O)/C(N=Nc1cc(S(N)(=O)=O)ccc1[O-])=C(/[O-])Nc1ccccc1.[Cr+3].[H+]. The molecule has 6 N–H and O–H groups in total. The average molecular weight is 802 g/mol. The van der Waals surface area contributed by atoms with Crippen molar-refractivity contribution in [3.63, 3.8) is 0 Å². The van der Waals surface area contributed by atoms with E-state index in [0.29, 0.717) is 11.4 Å². The van der Waals surface area contributed by atoms with E-state index in [2.05, 4.69) is 31.1 Å². The minimum atomic E-state index is -4.05. The number of benzene rings is 4. The number of nitrogens with two attached hydrogens (primary N) is 2. The standard InChI is InChI=1S/2C16H16N4O5S.Cr/c2*1-10(21)15(16(23)18-11-5-3-2-4-6-11)20-19-13-9-12(26(17,24)25)7-8-14(13)22;/h2*2-9,18,22-23H,1H3,(H2,17,24,25);/q;;+3/p-3/b2*16-15-,20-19?;. The predicted molar refractivity (Wildman–Crippen MR) is 180 cm³/mol. The third kappa shape index (κ3) is 13.3. The van der Waals surface area contributed by atoms with E-state index < -0.39 is 66.3 Å². The second-order valence-corrected chi connectivity index (χ2v) is 13.3. The fourth-order valence-corrected chi connectivity index (χ4v) is 4.75. The van der Waals surface area contributed by atoms with Crippen LogP contribution in [0.25, 0.3) is 0 Å². The number of sulfonamides is 2. The molecule has 18 nitrogen and oxygen atoms in total. The van der Waals surface area contributed by atoms with Crippen LogP contribution in [0.15, 0.2) is 150 Å². The number of carbonyl (C=O) groups is 2. The molecule has 53 heavy (non-hydrogen) atoms. The Hall–Kier alpha value is -5.95. The smallest absolute Gasteiger partial charge is 0.871 e. The van der Waals surface area contributed by atoms with Gasteiger partial charge in [-0.1, -0.05) is 60.0 Å². The summed E-state index contributed by atoms with van der Waals surface area (Å²) in [5.74, 6) is -4.29. The monoisotopic (exact) mass is 801 g/mol. The average Bonchev–Trinajstić information content (AvgIpc) is 3.06. The molecule has 0 atom stereocenters. The summed E-state index contributed by atoms with van der Waals surface area (Å²) in [6, 6.07) is 22.5. The molecule has 0 spiro atoms. The molecule has 1 radical (unpaired) electrons. The van der Waals surface area contributed by atoms with Gasteiger partial charge in [0, 0.05) is 25.2 Å². The molecular formula is C32H29CrN8O10S2. The summed E-state index contributed by atoms with van der Waals surface area (Å²) in [5.41, 5.74) is -0.964. The fraction of sp³-hybridized carbons (Fsp3) is 0.0625. The number of carbonyl (C=O) groups excluding carboxylic acids is 2. The molecule has 4 aromatic rings. The van der Waals surface area contributed by atoms with Gasteiger partial charge in [-0.2, -0.15) is 10.2 Å². The Labute approximate surface area is 315 Å². The van der Waals surface area contributed by atoms with Gasteiger partial charge in [-0.3, -0.25) is 9.59 Å². The van der Waals surface area contributed by atoms with E-state index in [-0.39, 0.29) is 40.0 Å². The van der Waals surface area contributed by atoms with Crippen molar-refractivity contribution in [3.8, 4) is 11.5 Å². The Kier molecular flexibility index (Phi) is 15.5. The van der Waals surface area contributed by atoms with E-state index in [1.807, 2.05) is 0 Å². The van der Waals surface area contributed by atoms with Crippen LogP contribution in [0.5, 0.6) is 11.5 Å². The molecule has 0 unspecified atom stereocenters. The van der Waals surface area contributed by atoms with Crippen molar-refractivity contribution >= 4 is 54.4 Å². The maximum Gasteiger partial charge on any atom is 3.00 e. The maximum absolute atomic E-state index is 12.2. The first-order valence-corrected chi connectivity index (χ1v) is 17.5. The predicted octanol–water partition coefficient (Wildman–Crippen LogP) is 1.55. The van der Waals surface area contributed by atoms with Gasteiger partial charge in [0.05, 0.1) is 21.2 Å². The number of rotatable bonds is 12. The number of anilines is 2. The second kappa shape index (κ2) is 19.0. The third-order valence-electron chi connectivity index (χ3n) is 6.19. The number of azo groups is 2. The van der Waals surface area contributed by atoms with Crippen molar-refractivity contribution < 1.29 is 65.6 Å². The van der Waals surface area contributed by atoms with Gasteiger partial charge < -0.3 is 31.1 Å². The molecule has 0 fully saturated rings. The molecular weight excluding hydrogens is 773 g/mol. The fourth-order valence-electron chi connectivity index (χ4n) is 3.69. The van der Waals surface area contributed by atoms with Gasteiger partial charge in [-0.15, -0.1) is 10.2 Å². The molecule has 4 rings (SSSR count). The van der Waals surface area contributed by atoms with Crippen LogP contribution in [0.2, 0.25) is 0 Å². The molecule has 0 aromatic heterocycles. The van der Waals surface area contributed by atoms with Gasteiger partial charge >= 0.3 is 18.8 Å². The molecule has 0 heterocycles. The number of allylic oxidation sites excluding steroid dienone is 2. The Morgan fingerprint density at radius 2 is 0.925 bits per heavy atom. The number of nitrogens with zero attached hydrogens (tertiary/aromatic N) is 4. The summed E-state index contributed by atoms with van der Waals surface area (Å²) in [4.78, 5) is 22.6. The first-order valence-electron chi connectivity index (χ1n) is 14.4. The van der Waals surface area contributed by atoms with Crippen molar-refractivity contribution in [2.45, 2.75) is 23.6 Å². The van der Waals surface area contributed by atoms with E-state index in [9.17, 15) is 46.9 Å². The zero-order valence-electron chi connectivity index (χ0n) is 28.5. The Morgan fingerprint density at radius 3 is 1.21 bits per heavy atom. The molecule has 275 valence electrons. The van der Waals surface area contributed by atoms with Crippen LogP contribution in [0, 0.1) is 0 Å². The van der Waals surface area contributed by atoms with E-state index in [1.165, 1.54) is 0 Å². The summed E-state index contributed by atoms with van der Waals surface area (Å²) >= 11 is 0. The maximum atomic E-state index is 12.2. The topological polar surface area (TPSA) is 320 Å². The molecule has 21 heteroatoms. The second-order valence-electron chi connectivity index (χ2n) is 10.2. The molecule has 4 aromatic carbocycles. The molecule has 0 bridgehead atoms. The number of primary sulfonamides is 2. The van der Waals surface area contributed by atoms with Crippen LogP contribution >= 0.6 is 0 Å². The third-order valence-corrected chi connectivity index (χ3v) is 8.02. The van der Waals surface area contributed by atoms with Crippen LogP contribution in [-0.2, 0) is 47.0 Å². The van der Waals surface area contributed by atoms with E-state index in [1.54, 1.807) is 60.7 Å². The van der Waals surface area contributed by atoms with Crippen LogP contribution in [0.4, 0.5) is 22.7 Å². The van der Waals surface area contributed by atoms with Gasteiger partial charge in [0.25, 0.3) is 0 Å². The number of Topliss-reactive ketones (excluding diaryl/α,β-unsaturated/α-hetero) is 2. The Bertz CT molecular complexity index is 2150.